The van der Waals surface area contributed by atoms with Gasteiger partial charge in [0, 0.05) is 18.4 Å². The number of nitrogens with zero attached hydrogens (tertiary/aromatic N) is 3. The van der Waals surface area contributed by atoms with Crippen molar-refractivity contribution < 1.29 is 14.2 Å². The van der Waals surface area contributed by atoms with Gasteiger partial charge >= 0.3 is 0 Å². The number of hydrogen-bond donors (Lipinski definition) is 0. The third-order valence-electron chi connectivity index (χ3n) is 4.06. The van der Waals surface area contributed by atoms with Gasteiger partial charge in [-0.25, -0.2) is 0 Å². The Hall–Kier alpha value is -2.67. The molecule has 0 atom stereocenters. The normalized spacial score (nSPS) is 10.7. The minimum atomic E-state index is 0.588. The lowest BCUT2D eigenvalue weighted by molar-refractivity contribution is 0.314. The lowest BCUT2D eigenvalue weighted by atomic mass is 10.2. The van der Waals surface area contributed by atoms with Crippen LogP contribution in [0.5, 0.6) is 17.2 Å². The van der Waals surface area contributed by atoms with Gasteiger partial charge in [-0.15, -0.1) is 10.2 Å². The van der Waals surface area contributed by atoms with Gasteiger partial charge in [0.1, 0.15) is 17.2 Å². The van der Waals surface area contributed by atoms with Crippen LogP contribution in [0.1, 0.15) is 13.3 Å². The Kier molecular flexibility index (Phi) is 7.19. The molecule has 148 valence electrons. The molecule has 1 aromatic heterocycles. The number of rotatable bonds is 10. The Morgan fingerprint density at radius 3 is 2.07 bits per heavy atom. The van der Waals surface area contributed by atoms with E-state index in [4.69, 9.17) is 14.2 Å². The zero-order valence-corrected chi connectivity index (χ0v) is 17.2. The first-order valence-electron chi connectivity index (χ1n) is 9.23. The van der Waals surface area contributed by atoms with Crippen LogP contribution >= 0.6 is 11.8 Å². The number of ether oxygens (including phenoxy) is 3. The number of hydrogen-bond acceptors (Lipinski definition) is 6. The minimum Gasteiger partial charge on any atom is -0.497 e. The Morgan fingerprint density at radius 2 is 1.46 bits per heavy atom. The van der Waals surface area contributed by atoms with Crippen LogP contribution in [0.4, 0.5) is 0 Å². The van der Waals surface area contributed by atoms with E-state index in [1.54, 1.807) is 18.9 Å². The fourth-order valence-corrected chi connectivity index (χ4v) is 3.30. The van der Waals surface area contributed by atoms with Gasteiger partial charge in [-0.1, -0.05) is 18.7 Å². The molecule has 0 saturated heterocycles. The molecule has 0 N–H and O–H groups in total. The van der Waals surface area contributed by atoms with Crippen molar-refractivity contribution in [3.63, 3.8) is 0 Å². The van der Waals surface area contributed by atoms with E-state index in [-0.39, 0.29) is 0 Å². The summed E-state index contributed by atoms with van der Waals surface area (Å²) in [5.41, 5.74) is 1.00. The first-order valence-corrected chi connectivity index (χ1v) is 10.2. The maximum atomic E-state index is 5.80. The molecule has 0 amide bonds. The highest BCUT2D eigenvalue weighted by atomic mass is 32.2. The second-order valence-electron chi connectivity index (χ2n) is 6.11. The fourth-order valence-electron chi connectivity index (χ4n) is 2.58. The summed E-state index contributed by atoms with van der Waals surface area (Å²) in [7, 11) is 3.63. The molecule has 0 aliphatic carbocycles. The molecule has 3 rings (SSSR count). The van der Waals surface area contributed by atoms with Gasteiger partial charge in [0.25, 0.3) is 0 Å². The van der Waals surface area contributed by atoms with Gasteiger partial charge in [0.15, 0.2) is 11.0 Å². The van der Waals surface area contributed by atoms with Gasteiger partial charge in [-0.3, -0.25) is 0 Å². The molecule has 1 heterocycles. The van der Waals surface area contributed by atoms with Gasteiger partial charge < -0.3 is 18.8 Å². The molecule has 0 saturated carbocycles. The van der Waals surface area contributed by atoms with E-state index in [0.717, 1.165) is 52.6 Å². The average Bonchev–Trinajstić information content (AvgIpc) is 3.11. The van der Waals surface area contributed by atoms with E-state index in [9.17, 15) is 0 Å². The average molecular weight is 400 g/mol. The molecular formula is C21H25N3O3S. The zero-order chi connectivity index (χ0) is 19.8. The summed E-state index contributed by atoms with van der Waals surface area (Å²) in [6, 6.07) is 15.5. The Bertz CT molecular complexity index is 864. The molecule has 0 unspecified atom stereocenters. The second kappa shape index (κ2) is 10.0. The molecule has 0 aliphatic heterocycles. The number of thioether (sulfide) groups is 1. The van der Waals surface area contributed by atoms with Crippen molar-refractivity contribution in [3.8, 4) is 28.6 Å². The standard InChI is InChI=1S/C21H25N3O3S/c1-4-13-26-18-9-11-19(12-10-18)27-14-15-28-21-23-22-20(24(21)2)16-5-7-17(25-3)8-6-16/h5-12H,4,13-15H2,1-3H3. The Morgan fingerprint density at radius 1 is 0.857 bits per heavy atom. The van der Waals surface area contributed by atoms with E-state index in [2.05, 4.69) is 17.1 Å². The summed E-state index contributed by atoms with van der Waals surface area (Å²) in [6.07, 6.45) is 0.998. The van der Waals surface area contributed by atoms with Crippen molar-refractivity contribution in [2.45, 2.75) is 18.5 Å². The second-order valence-corrected chi connectivity index (χ2v) is 7.17. The third-order valence-corrected chi connectivity index (χ3v) is 5.05. The Balaban J connectivity index is 1.49. The van der Waals surface area contributed by atoms with E-state index >= 15 is 0 Å². The van der Waals surface area contributed by atoms with Crippen molar-refractivity contribution in [1.29, 1.82) is 0 Å². The minimum absolute atomic E-state index is 0.588. The van der Waals surface area contributed by atoms with Gasteiger partial charge in [-0.2, -0.15) is 0 Å². The zero-order valence-electron chi connectivity index (χ0n) is 16.4. The molecule has 6 nitrogen and oxygen atoms in total. The summed E-state index contributed by atoms with van der Waals surface area (Å²) in [5.74, 6) is 4.13. The topological polar surface area (TPSA) is 58.4 Å². The van der Waals surface area contributed by atoms with Crippen molar-refractivity contribution >= 4 is 11.8 Å². The van der Waals surface area contributed by atoms with Crippen molar-refractivity contribution in [3.05, 3.63) is 48.5 Å². The fraction of sp³-hybridized carbons (Fsp3) is 0.333. The van der Waals surface area contributed by atoms with E-state index in [1.807, 2.05) is 60.1 Å². The molecule has 7 heteroatoms. The molecular weight excluding hydrogens is 374 g/mol. The summed E-state index contributed by atoms with van der Waals surface area (Å²) >= 11 is 1.62. The van der Waals surface area contributed by atoms with Crippen molar-refractivity contribution in [2.75, 3.05) is 26.1 Å². The molecule has 0 aliphatic rings. The monoisotopic (exact) mass is 399 g/mol. The smallest absolute Gasteiger partial charge is 0.191 e. The highest BCUT2D eigenvalue weighted by Crippen LogP contribution is 2.24. The van der Waals surface area contributed by atoms with Crippen molar-refractivity contribution in [1.82, 2.24) is 14.8 Å². The van der Waals surface area contributed by atoms with Crippen LogP contribution in [0.15, 0.2) is 53.7 Å². The highest BCUT2D eigenvalue weighted by Gasteiger charge is 2.11. The molecule has 0 spiro atoms. The summed E-state index contributed by atoms with van der Waals surface area (Å²) < 4.78 is 18.6. The first kappa shape index (κ1) is 20.1. The largest absolute Gasteiger partial charge is 0.497 e. The van der Waals surface area contributed by atoms with Crippen LogP contribution in [-0.4, -0.2) is 40.8 Å². The van der Waals surface area contributed by atoms with Gasteiger partial charge in [0.2, 0.25) is 0 Å². The molecule has 28 heavy (non-hydrogen) atoms. The lowest BCUT2D eigenvalue weighted by Gasteiger charge is -2.08. The molecule has 0 radical (unpaired) electrons. The predicted molar refractivity (Wildman–Crippen MR) is 111 cm³/mol. The lowest BCUT2D eigenvalue weighted by Crippen LogP contribution is -2.02. The van der Waals surface area contributed by atoms with Gasteiger partial charge in [-0.05, 0) is 55.0 Å². The van der Waals surface area contributed by atoms with Gasteiger partial charge in [0.05, 0.1) is 20.3 Å². The molecule has 0 fully saturated rings. The summed E-state index contributed by atoms with van der Waals surface area (Å²) in [4.78, 5) is 0. The summed E-state index contributed by atoms with van der Waals surface area (Å²) in [5, 5.41) is 9.46. The van der Waals surface area contributed by atoms with Crippen molar-refractivity contribution in [2.24, 2.45) is 7.05 Å². The first-order chi connectivity index (χ1) is 13.7. The van der Waals surface area contributed by atoms with Crippen LogP contribution in [-0.2, 0) is 7.05 Å². The predicted octanol–water partition coefficient (Wildman–Crippen LogP) is 4.45. The maximum Gasteiger partial charge on any atom is 0.191 e. The molecule has 0 bridgehead atoms. The summed E-state index contributed by atoms with van der Waals surface area (Å²) in [6.45, 7) is 3.41. The van der Waals surface area contributed by atoms with Crippen LogP contribution in [0, 0.1) is 0 Å². The molecule has 3 aromatic rings. The quantitative estimate of drug-likeness (QED) is 0.371. The van der Waals surface area contributed by atoms with E-state index in [0.29, 0.717) is 6.61 Å². The van der Waals surface area contributed by atoms with Crippen LogP contribution in [0.25, 0.3) is 11.4 Å². The number of aromatic nitrogens is 3. The van der Waals surface area contributed by atoms with Crippen LogP contribution in [0.3, 0.4) is 0 Å². The van der Waals surface area contributed by atoms with E-state index < -0.39 is 0 Å². The highest BCUT2D eigenvalue weighted by molar-refractivity contribution is 7.99. The SMILES string of the molecule is CCCOc1ccc(OCCSc2nnc(-c3ccc(OC)cc3)n2C)cc1. The van der Waals surface area contributed by atoms with Crippen LogP contribution < -0.4 is 14.2 Å². The number of benzene rings is 2. The number of methoxy groups -OCH3 is 1. The Labute approximate surface area is 169 Å². The maximum absolute atomic E-state index is 5.80. The third kappa shape index (κ3) is 5.19. The van der Waals surface area contributed by atoms with Crippen LogP contribution in [0.2, 0.25) is 0 Å². The molecule has 2 aromatic carbocycles. The van der Waals surface area contributed by atoms with E-state index in [1.165, 1.54) is 0 Å².